The Labute approximate surface area is 163 Å². The lowest BCUT2D eigenvalue weighted by molar-refractivity contribution is 0.425. The van der Waals surface area contributed by atoms with Crippen LogP contribution in [0.1, 0.15) is 11.4 Å². The van der Waals surface area contributed by atoms with Gasteiger partial charge in [-0.1, -0.05) is 40.7 Å². The van der Waals surface area contributed by atoms with Crippen molar-refractivity contribution in [2.24, 2.45) is 0 Å². The van der Waals surface area contributed by atoms with Gasteiger partial charge in [-0.2, -0.15) is 4.98 Å². The SMILES string of the molecule is C=CCn1c(SCc2noc(-c3ccc(C)cc3)n2)nc2sccc2c1=O. The van der Waals surface area contributed by atoms with Crippen molar-refractivity contribution in [1.82, 2.24) is 19.7 Å². The summed E-state index contributed by atoms with van der Waals surface area (Å²) in [6.07, 6.45) is 1.69. The molecule has 136 valence electrons. The third-order valence-corrected chi connectivity index (χ3v) is 5.74. The molecule has 0 amide bonds. The van der Waals surface area contributed by atoms with Crippen molar-refractivity contribution in [3.05, 3.63) is 70.1 Å². The maximum atomic E-state index is 12.6. The molecule has 0 saturated heterocycles. The lowest BCUT2D eigenvalue weighted by Gasteiger charge is -2.08. The van der Waals surface area contributed by atoms with Gasteiger partial charge >= 0.3 is 0 Å². The van der Waals surface area contributed by atoms with Gasteiger partial charge in [-0.05, 0) is 30.5 Å². The van der Waals surface area contributed by atoms with Crippen molar-refractivity contribution >= 4 is 33.3 Å². The summed E-state index contributed by atoms with van der Waals surface area (Å²) in [5.74, 6) is 1.49. The van der Waals surface area contributed by atoms with Crippen LogP contribution in [0.5, 0.6) is 0 Å². The van der Waals surface area contributed by atoms with E-state index in [1.54, 1.807) is 16.7 Å². The Hall–Kier alpha value is -2.71. The van der Waals surface area contributed by atoms with Crippen molar-refractivity contribution in [3.63, 3.8) is 0 Å². The fourth-order valence-electron chi connectivity index (χ4n) is 2.59. The highest BCUT2D eigenvalue weighted by Crippen LogP contribution is 2.25. The van der Waals surface area contributed by atoms with Crippen LogP contribution >= 0.6 is 23.1 Å². The van der Waals surface area contributed by atoms with Crippen molar-refractivity contribution in [2.45, 2.75) is 24.4 Å². The van der Waals surface area contributed by atoms with Crippen molar-refractivity contribution in [3.8, 4) is 11.5 Å². The molecule has 0 spiro atoms. The predicted molar refractivity (Wildman–Crippen MR) is 108 cm³/mol. The second kappa shape index (κ2) is 7.50. The van der Waals surface area contributed by atoms with Crippen LogP contribution in [0.4, 0.5) is 0 Å². The molecule has 1 aromatic carbocycles. The molecule has 3 heterocycles. The van der Waals surface area contributed by atoms with E-state index in [-0.39, 0.29) is 5.56 Å². The van der Waals surface area contributed by atoms with Crippen LogP contribution in [-0.4, -0.2) is 19.7 Å². The highest BCUT2D eigenvalue weighted by molar-refractivity contribution is 7.98. The summed E-state index contributed by atoms with van der Waals surface area (Å²) >= 11 is 2.86. The zero-order valence-corrected chi connectivity index (χ0v) is 16.2. The number of thioether (sulfide) groups is 1. The molecule has 0 aliphatic rings. The molecule has 0 fully saturated rings. The van der Waals surface area contributed by atoms with E-state index in [9.17, 15) is 4.79 Å². The topological polar surface area (TPSA) is 73.8 Å². The highest BCUT2D eigenvalue weighted by Gasteiger charge is 2.14. The Morgan fingerprint density at radius 2 is 2.07 bits per heavy atom. The lowest BCUT2D eigenvalue weighted by Crippen LogP contribution is -2.22. The largest absolute Gasteiger partial charge is 0.334 e. The molecule has 0 atom stereocenters. The maximum Gasteiger partial charge on any atom is 0.263 e. The van der Waals surface area contributed by atoms with Crippen molar-refractivity contribution < 1.29 is 4.52 Å². The molecular formula is C19H16N4O2S2. The van der Waals surface area contributed by atoms with Gasteiger partial charge in [-0.25, -0.2) is 4.98 Å². The monoisotopic (exact) mass is 396 g/mol. The number of aryl methyl sites for hydroxylation is 1. The fourth-order valence-corrected chi connectivity index (χ4v) is 4.24. The Morgan fingerprint density at radius 3 is 2.85 bits per heavy atom. The average molecular weight is 396 g/mol. The van der Waals surface area contributed by atoms with E-state index in [4.69, 9.17) is 4.52 Å². The minimum atomic E-state index is -0.0582. The van der Waals surface area contributed by atoms with Crippen molar-refractivity contribution in [2.75, 3.05) is 0 Å². The lowest BCUT2D eigenvalue weighted by atomic mass is 10.1. The quantitative estimate of drug-likeness (QED) is 0.275. The van der Waals surface area contributed by atoms with E-state index in [2.05, 4.69) is 21.7 Å². The van der Waals surface area contributed by atoms with E-state index < -0.39 is 0 Å². The smallest absolute Gasteiger partial charge is 0.263 e. The molecule has 6 nitrogen and oxygen atoms in total. The van der Waals surface area contributed by atoms with Gasteiger partial charge in [0.15, 0.2) is 11.0 Å². The molecule has 0 aliphatic carbocycles. The Balaban J connectivity index is 1.58. The van der Waals surface area contributed by atoms with Gasteiger partial charge in [0.1, 0.15) is 4.83 Å². The molecule has 0 radical (unpaired) electrons. The fraction of sp³-hybridized carbons (Fsp3) is 0.158. The number of thiophene rings is 1. The summed E-state index contributed by atoms with van der Waals surface area (Å²) in [6.45, 7) is 6.16. The molecule has 4 aromatic rings. The molecule has 0 saturated carbocycles. The maximum absolute atomic E-state index is 12.6. The van der Waals surface area contributed by atoms with Gasteiger partial charge in [0.25, 0.3) is 11.4 Å². The molecule has 4 rings (SSSR count). The zero-order valence-electron chi connectivity index (χ0n) is 14.6. The van der Waals surface area contributed by atoms with Gasteiger partial charge < -0.3 is 4.52 Å². The number of benzene rings is 1. The van der Waals surface area contributed by atoms with E-state index in [0.717, 1.165) is 10.4 Å². The number of hydrogen-bond acceptors (Lipinski definition) is 7. The second-order valence-electron chi connectivity index (χ2n) is 5.91. The van der Waals surface area contributed by atoms with Crippen LogP contribution in [-0.2, 0) is 12.3 Å². The standard InChI is InChI=1S/C19H16N4O2S2/c1-3-9-23-18(24)14-8-10-26-17(14)21-19(23)27-11-15-20-16(25-22-15)13-6-4-12(2)5-7-13/h3-8,10H,1,9,11H2,2H3. The number of fused-ring (bicyclic) bond motifs is 1. The molecule has 3 aromatic heterocycles. The summed E-state index contributed by atoms with van der Waals surface area (Å²) < 4.78 is 6.98. The molecule has 8 heteroatoms. The Bertz CT molecular complexity index is 1160. The van der Waals surface area contributed by atoms with Gasteiger partial charge in [0.2, 0.25) is 0 Å². The van der Waals surface area contributed by atoms with Crippen LogP contribution in [0.25, 0.3) is 21.7 Å². The van der Waals surface area contributed by atoms with Gasteiger partial charge in [-0.15, -0.1) is 17.9 Å². The number of nitrogens with zero attached hydrogens (tertiary/aromatic N) is 4. The molecule has 0 bridgehead atoms. The first kappa shape index (κ1) is 17.7. The predicted octanol–water partition coefficient (Wildman–Crippen LogP) is 4.29. The Morgan fingerprint density at radius 1 is 1.26 bits per heavy atom. The summed E-state index contributed by atoms with van der Waals surface area (Å²) in [7, 11) is 0. The molecule has 0 N–H and O–H groups in total. The van der Waals surface area contributed by atoms with Crippen LogP contribution < -0.4 is 5.56 Å². The van der Waals surface area contributed by atoms with Crippen LogP contribution in [0, 0.1) is 6.92 Å². The number of aromatic nitrogens is 4. The minimum absolute atomic E-state index is 0.0582. The zero-order chi connectivity index (χ0) is 18.8. The van der Waals surface area contributed by atoms with Crippen LogP contribution in [0.3, 0.4) is 0 Å². The summed E-state index contributed by atoms with van der Waals surface area (Å²) in [5.41, 5.74) is 1.99. The second-order valence-corrected chi connectivity index (χ2v) is 7.75. The average Bonchev–Trinajstić information content (AvgIpc) is 3.33. The van der Waals surface area contributed by atoms with E-state index in [0.29, 0.717) is 34.6 Å². The first-order valence-corrected chi connectivity index (χ1v) is 10.1. The first-order valence-electron chi connectivity index (χ1n) is 8.27. The number of rotatable bonds is 6. The molecular weight excluding hydrogens is 380 g/mol. The van der Waals surface area contributed by atoms with Gasteiger partial charge in [0, 0.05) is 12.1 Å². The third kappa shape index (κ3) is 3.58. The minimum Gasteiger partial charge on any atom is -0.334 e. The first-order chi connectivity index (χ1) is 13.2. The van der Waals surface area contributed by atoms with E-state index in [1.807, 2.05) is 36.6 Å². The van der Waals surface area contributed by atoms with Gasteiger partial charge in [0.05, 0.1) is 11.1 Å². The molecule has 0 aliphatic heterocycles. The summed E-state index contributed by atoms with van der Waals surface area (Å²) in [4.78, 5) is 22.4. The number of allylic oxidation sites excluding steroid dienone is 1. The van der Waals surface area contributed by atoms with Crippen LogP contribution in [0.2, 0.25) is 0 Å². The van der Waals surface area contributed by atoms with E-state index in [1.165, 1.54) is 28.7 Å². The van der Waals surface area contributed by atoms with Crippen molar-refractivity contribution in [1.29, 1.82) is 0 Å². The number of hydrogen-bond donors (Lipinski definition) is 0. The third-order valence-electron chi connectivity index (χ3n) is 3.96. The summed E-state index contributed by atoms with van der Waals surface area (Å²) in [6, 6.07) is 9.71. The van der Waals surface area contributed by atoms with Gasteiger partial charge in [-0.3, -0.25) is 9.36 Å². The normalized spacial score (nSPS) is 11.1. The highest BCUT2D eigenvalue weighted by atomic mass is 32.2. The molecule has 27 heavy (non-hydrogen) atoms. The van der Waals surface area contributed by atoms with Crippen LogP contribution in [0.15, 0.2) is 62.8 Å². The van der Waals surface area contributed by atoms with E-state index >= 15 is 0 Å². The Kier molecular flexibility index (Phi) is 4.91. The molecule has 0 unspecified atom stereocenters. The summed E-state index contributed by atoms with van der Waals surface area (Å²) in [5, 5.41) is 7.17.